The number of nitrogens with zero attached hydrogens (tertiary/aromatic N) is 2. The second-order valence-electron chi connectivity index (χ2n) is 1.71. The maximum atomic E-state index is 8.28. The first kappa shape index (κ1) is 5.64. The molecule has 0 aliphatic carbocycles. The predicted molar refractivity (Wildman–Crippen MR) is 35.0 cm³/mol. The minimum Gasteiger partial charge on any atom is -0.264 e. The predicted octanol–water partition coefficient (Wildman–Crippen LogP) is 1.04. The van der Waals surface area contributed by atoms with E-state index < -0.39 is 0 Å². The highest BCUT2D eigenvalue weighted by molar-refractivity contribution is 8.14. The van der Waals surface area contributed by atoms with Gasteiger partial charge < -0.3 is 0 Å². The molecule has 2 nitrogen and oxygen atoms in total. The number of aliphatic imine (C=N–C) groups is 1. The van der Waals surface area contributed by atoms with Gasteiger partial charge in [-0.25, -0.2) is 0 Å². The molecule has 0 radical (unpaired) electrons. The van der Waals surface area contributed by atoms with Crippen LogP contribution < -0.4 is 0 Å². The normalized spacial score (nSPS) is 27.0. The summed E-state index contributed by atoms with van der Waals surface area (Å²) in [5, 5.41) is 8.92. The quantitative estimate of drug-likeness (QED) is 0.486. The molecular formula is C5H6N2S. The Morgan fingerprint density at radius 3 is 3.00 bits per heavy atom. The standard InChI is InChI=1S/C5H6N2S/c1-4-3-8-5(2-6)7-4/h4H,3H2,1H3. The topological polar surface area (TPSA) is 36.1 Å². The number of rotatable bonds is 0. The van der Waals surface area contributed by atoms with Crippen LogP contribution in [0.25, 0.3) is 0 Å². The summed E-state index contributed by atoms with van der Waals surface area (Å²) in [7, 11) is 0. The monoisotopic (exact) mass is 126 g/mol. The van der Waals surface area contributed by atoms with Crippen LogP contribution in [-0.2, 0) is 0 Å². The summed E-state index contributed by atoms with van der Waals surface area (Å²) >= 11 is 1.54. The Balaban J connectivity index is 2.61. The van der Waals surface area contributed by atoms with Crippen LogP contribution in [0.1, 0.15) is 6.92 Å². The molecule has 0 N–H and O–H groups in total. The van der Waals surface area contributed by atoms with Gasteiger partial charge in [0.25, 0.3) is 0 Å². The van der Waals surface area contributed by atoms with Crippen LogP contribution >= 0.6 is 11.8 Å². The zero-order valence-corrected chi connectivity index (χ0v) is 5.40. The van der Waals surface area contributed by atoms with Crippen molar-refractivity contribution in [1.29, 1.82) is 5.26 Å². The molecule has 0 bridgehead atoms. The fourth-order valence-corrected chi connectivity index (χ4v) is 1.33. The van der Waals surface area contributed by atoms with Crippen molar-refractivity contribution in [2.75, 3.05) is 5.75 Å². The van der Waals surface area contributed by atoms with Crippen LogP contribution in [0, 0.1) is 11.3 Å². The van der Waals surface area contributed by atoms with Gasteiger partial charge in [0.15, 0.2) is 5.04 Å². The molecule has 0 fully saturated rings. The maximum Gasteiger partial charge on any atom is 0.169 e. The number of hydrogen-bond donors (Lipinski definition) is 0. The van der Waals surface area contributed by atoms with E-state index in [-0.39, 0.29) is 0 Å². The van der Waals surface area contributed by atoms with Gasteiger partial charge in [-0.2, -0.15) is 5.26 Å². The lowest BCUT2D eigenvalue weighted by atomic mass is 10.4. The smallest absolute Gasteiger partial charge is 0.169 e. The van der Waals surface area contributed by atoms with E-state index >= 15 is 0 Å². The largest absolute Gasteiger partial charge is 0.264 e. The molecule has 1 aliphatic rings. The van der Waals surface area contributed by atoms with E-state index in [2.05, 4.69) is 4.99 Å². The van der Waals surface area contributed by atoms with Gasteiger partial charge in [0.1, 0.15) is 6.07 Å². The second kappa shape index (κ2) is 2.19. The molecule has 0 aromatic heterocycles. The number of thioether (sulfide) groups is 1. The molecule has 0 saturated carbocycles. The van der Waals surface area contributed by atoms with E-state index in [4.69, 9.17) is 5.26 Å². The minimum absolute atomic E-state index is 0.356. The summed E-state index contributed by atoms with van der Waals surface area (Å²) < 4.78 is 0. The summed E-state index contributed by atoms with van der Waals surface area (Å²) in [6, 6.07) is 2.36. The maximum absolute atomic E-state index is 8.28. The van der Waals surface area contributed by atoms with Crippen molar-refractivity contribution in [2.45, 2.75) is 13.0 Å². The fourth-order valence-electron chi connectivity index (χ4n) is 0.535. The lowest BCUT2D eigenvalue weighted by Crippen LogP contribution is -1.92. The Labute approximate surface area is 52.6 Å². The van der Waals surface area contributed by atoms with Gasteiger partial charge in [-0.1, -0.05) is 11.8 Å². The molecule has 1 rings (SSSR count). The highest BCUT2D eigenvalue weighted by Crippen LogP contribution is 2.16. The number of nitriles is 1. The van der Waals surface area contributed by atoms with Crippen molar-refractivity contribution in [3.63, 3.8) is 0 Å². The molecule has 3 heteroatoms. The van der Waals surface area contributed by atoms with Crippen molar-refractivity contribution in [1.82, 2.24) is 0 Å². The summed E-state index contributed by atoms with van der Waals surface area (Å²) in [6.45, 7) is 2.01. The fraction of sp³-hybridized carbons (Fsp3) is 0.600. The molecule has 1 heterocycles. The zero-order valence-electron chi connectivity index (χ0n) is 4.59. The van der Waals surface area contributed by atoms with Crippen LogP contribution in [0.2, 0.25) is 0 Å². The van der Waals surface area contributed by atoms with Gasteiger partial charge in [-0.05, 0) is 6.92 Å². The van der Waals surface area contributed by atoms with Crippen molar-refractivity contribution >= 4 is 16.8 Å². The van der Waals surface area contributed by atoms with Gasteiger partial charge in [-0.3, -0.25) is 4.99 Å². The molecule has 1 unspecified atom stereocenters. The highest BCUT2D eigenvalue weighted by atomic mass is 32.2. The van der Waals surface area contributed by atoms with E-state index in [1.165, 1.54) is 11.8 Å². The van der Waals surface area contributed by atoms with E-state index in [1.807, 2.05) is 13.0 Å². The number of hydrogen-bond acceptors (Lipinski definition) is 3. The molecule has 0 spiro atoms. The first-order valence-electron chi connectivity index (χ1n) is 2.43. The summed E-state index contributed by atoms with van der Waals surface area (Å²) in [5.74, 6) is 0.975. The van der Waals surface area contributed by atoms with Crippen molar-refractivity contribution in [3.05, 3.63) is 0 Å². The van der Waals surface area contributed by atoms with E-state index in [9.17, 15) is 0 Å². The van der Waals surface area contributed by atoms with Gasteiger partial charge >= 0.3 is 0 Å². The van der Waals surface area contributed by atoms with Crippen molar-refractivity contribution in [3.8, 4) is 6.07 Å². The van der Waals surface area contributed by atoms with Crippen molar-refractivity contribution < 1.29 is 0 Å². The Hall–Kier alpha value is -0.490. The highest BCUT2D eigenvalue weighted by Gasteiger charge is 2.11. The summed E-state index contributed by atoms with van der Waals surface area (Å²) in [5.41, 5.74) is 0. The third-order valence-corrected chi connectivity index (χ3v) is 2.01. The second-order valence-corrected chi connectivity index (χ2v) is 2.71. The molecule has 0 saturated heterocycles. The SMILES string of the molecule is CC1CSC(C#N)=N1. The van der Waals surface area contributed by atoms with Crippen molar-refractivity contribution in [2.24, 2.45) is 4.99 Å². The van der Waals surface area contributed by atoms with Gasteiger partial charge in [0.2, 0.25) is 0 Å². The van der Waals surface area contributed by atoms with E-state index in [0.717, 1.165) is 5.75 Å². The molecular weight excluding hydrogens is 120 g/mol. The Kier molecular flexibility index (Phi) is 1.54. The van der Waals surface area contributed by atoms with Crippen LogP contribution in [-0.4, -0.2) is 16.8 Å². The molecule has 0 aromatic carbocycles. The van der Waals surface area contributed by atoms with Crippen LogP contribution in [0.3, 0.4) is 0 Å². The van der Waals surface area contributed by atoms with Crippen LogP contribution in [0.4, 0.5) is 0 Å². The van der Waals surface area contributed by atoms with Crippen LogP contribution in [0.15, 0.2) is 4.99 Å². The van der Waals surface area contributed by atoms with Gasteiger partial charge in [0.05, 0.1) is 6.04 Å². The average Bonchev–Trinajstić information content (AvgIpc) is 2.14. The third-order valence-electron chi connectivity index (χ3n) is 0.895. The van der Waals surface area contributed by atoms with Crippen LogP contribution in [0.5, 0.6) is 0 Å². The first-order valence-corrected chi connectivity index (χ1v) is 3.42. The molecule has 42 valence electrons. The Morgan fingerprint density at radius 1 is 2.00 bits per heavy atom. The summed E-state index contributed by atoms with van der Waals surface area (Å²) in [6.07, 6.45) is 0. The zero-order chi connectivity index (χ0) is 5.98. The Bertz CT molecular complexity index is 156. The summed E-state index contributed by atoms with van der Waals surface area (Å²) in [4.78, 5) is 4.03. The first-order chi connectivity index (χ1) is 3.83. The lowest BCUT2D eigenvalue weighted by Gasteiger charge is -1.87. The van der Waals surface area contributed by atoms with E-state index in [1.54, 1.807) is 0 Å². The molecule has 0 aromatic rings. The minimum atomic E-state index is 0.356. The van der Waals surface area contributed by atoms with Gasteiger partial charge in [-0.15, -0.1) is 0 Å². The van der Waals surface area contributed by atoms with Gasteiger partial charge in [0, 0.05) is 5.75 Å². The molecule has 1 atom stereocenters. The Morgan fingerprint density at radius 2 is 2.75 bits per heavy atom. The third kappa shape index (κ3) is 1.01. The average molecular weight is 126 g/mol. The van der Waals surface area contributed by atoms with E-state index in [0.29, 0.717) is 11.1 Å². The molecule has 8 heavy (non-hydrogen) atoms. The lowest BCUT2D eigenvalue weighted by molar-refractivity contribution is 0.866. The molecule has 1 aliphatic heterocycles. The molecule has 0 amide bonds.